The minimum Gasteiger partial charge on any atom is -0.386 e. The third-order valence-corrected chi connectivity index (χ3v) is 5.38. The van der Waals surface area contributed by atoms with Gasteiger partial charge in [-0.3, -0.25) is 0 Å². The molecule has 0 N–H and O–H groups in total. The summed E-state index contributed by atoms with van der Waals surface area (Å²) in [5.74, 6) is 1.24. The summed E-state index contributed by atoms with van der Waals surface area (Å²) < 4.78 is 30.2. The summed E-state index contributed by atoms with van der Waals surface area (Å²) in [6.07, 6.45) is 1.68. The van der Waals surface area contributed by atoms with Crippen LogP contribution in [0.2, 0.25) is 0 Å². The quantitative estimate of drug-likeness (QED) is 0.357. The lowest BCUT2D eigenvalue weighted by atomic mass is 10.2. The normalized spacial score (nSPS) is 10.3. The number of nitrogens with zero attached hydrogens (tertiary/aromatic N) is 1. The van der Waals surface area contributed by atoms with Gasteiger partial charge in [0, 0.05) is 6.42 Å². The van der Waals surface area contributed by atoms with Gasteiger partial charge in [0.05, 0.1) is 6.07 Å². The van der Waals surface area contributed by atoms with E-state index in [9.17, 15) is 4.57 Å². The molecule has 0 heterocycles. The molecule has 3 rings (SSSR count). The van der Waals surface area contributed by atoms with Crippen molar-refractivity contribution in [3.05, 3.63) is 89.5 Å². The molecule has 3 aromatic carbocycles. The highest BCUT2D eigenvalue weighted by molar-refractivity contribution is 7.49. The molecule has 0 bridgehead atoms. The highest BCUT2D eigenvalue weighted by Gasteiger charge is 2.33. The summed E-state index contributed by atoms with van der Waals surface area (Å²) in [5, 5.41) is 7.82. The van der Waals surface area contributed by atoms with E-state index in [0.717, 1.165) is 23.1 Å². The number of hydrogen-bond donors (Lipinski definition) is 0. The Kier molecular flexibility index (Phi) is 9.18. The maximum atomic E-state index is 13.3. The zero-order chi connectivity index (χ0) is 22.7. The van der Waals surface area contributed by atoms with Crippen LogP contribution in [0.25, 0.3) is 0 Å². The number of phosphoric acid groups is 1. The third-order valence-electron chi connectivity index (χ3n) is 4.08. The Labute approximate surface area is 184 Å². The van der Waals surface area contributed by atoms with Crippen molar-refractivity contribution in [1.82, 2.24) is 0 Å². The molecular formula is C25H28NO4P. The molecule has 5 nitrogen and oxygen atoms in total. The summed E-state index contributed by atoms with van der Waals surface area (Å²) in [4.78, 5) is 0. The van der Waals surface area contributed by atoms with E-state index in [1.54, 1.807) is 36.4 Å². The van der Waals surface area contributed by atoms with Crippen LogP contribution in [-0.2, 0) is 4.57 Å². The largest absolute Gasteiger partial charge is 0.647 e. The maximum absolute atomic E-state index is 13.3. The van der Waals surface area contributed by atoms with E-state index >= 15 is 0 Å². The van der Waals surface area contributed by atoms with Gasteiger partial charge in [-0.05, 0) is 63.6 Å². The Balaban J connectivity index is 0.000000614. The van der Waals surface area contributed by atoms with Crippen LogP contribution in [0.1, 0.15) is 36.5 Å². The van der Waals surface area contributed by atoms with Gasteiger partial charge in [0.25, 0.3) is 0 Å². The smallest absolute Gasteiger partial charge is 0.386 e. The minimum atomic E-state index is -3.93. The van der Waals surface area contributed by atoms with E-state index in [1.807, 2.05) is 70.2 Å². The molecule has 0 aliphatic rings. The SMILES string of the molecule is CCCC#N.Cc1ccc(OP(=O)(Oc2ccc(C)cc2)Oc2ccc(C)cc2)cc1. The first kappa shape index (κ1) is 24.1. The van der Waals surface area contributed by atoms with Crippen molar-refractivity contribution in [3.8, 4) is 23.3 Å². The molecular weight excluding hydrogens is 409 g/mol. The van der Waals surface area contributed by atoms with Crippen LogP contribution in [0, 0.1) is 32.1 Å². The van der Waals surface area contributed by atoms with Crippen molar-refractivity contribution in [2.24, 2.45) is 0 Å². The molecule has 31 heavy (non-hydrogen) atoms. The van der Waals surface area contributed by atoms with Gasteiger partial charge in [-0.1, -0.05) is 60.0 Å². The molecule has 3 aromatic rings. The van der Waals surface area contributed by atoms with Crippen LogP contribution in [0.3, 0.4) is 0 Å². The van der Waals surface area contributed by atoms with Crippen LogP contribution in [0.15, 0.2) is 72.8 Å². The number of hydrogen-bond acceptors (Lipinski definition) is 5. The predicted molar refractivity (Wildman–Crippen MR) is 124 cm³/mol. The number of rotatable bonds is 7. The molecule has 0 spiro atoms. The van der Waals surface area contributed by atoms with Crippen molar-refractivity contribution in [2.75, 3.05) is 0 Å². The second kappa shape index (κ2) is 11.8. The fourth-order valence-electron chi connectivity index (χ4n) is 2.35. The first-order valence-corrected chi connectivity index (χ1v) is 11.6. The summed E-state index contributed by atoms with van der Waals surface area (Å²) in [7, 11) is -3.93. The molecule has 0 aromatic heterocycles. The minimum absolute atomic E-state index is 0.415. The van der Waals surface area contributed by atoms with Gasteiger partial charge in [-0.25, -0.2) is 0 Å². The van der Waals surface area contributed by atoms with E-state index in [4.69, 9.17) is 18.8 Å². The predicted octanol–water partition coefficient (Wildman–Crippen LogP) is 7.57. The van der Waals surface area contributed by atoms with Crippen molar-refractivity contribution in [1.29, 1.82) is 5.26 Å². The monoisotopic (exact) mass is 437 g/mol. The van der Waals surface area contributed by atoms with Crippen LogP contribution < -0.4 is 13.6 Å². The first-order valence-electron chi connectivity index (χ1n) is 10.1. The summed E-state index contributed by atoms with van der Waals surface area (Å²) in [6.45, 7) is 7.89. The maximum Gasteiger partial charge on any atom is 0.647 e. The van der Waals surface area contributed by atoms with Gasteiger partial charge >= 0.3 is 7.82 Å². The van der Waals surface area contributed by atoms with E-state index in [2.05, 4.69) is 0 Å². The Morgan fingerprint density at radius 1 is 0.677 bits per heavy atom. The Morgan fingerprint density at radius 2 is 0.968 bits per heavy atom. The molecule has 0 aliphatic carbocycles. The Hall–Kier alpha value is -3.22. The molecule has 0 radical (unpaired) electrons. The van der Waals surface area contributed by atoms with Gasteiger partial charge in [-0.15, -0.1) is 0 Å². The number of benzene rings is 3. The summed E-state index contributed by atoms with van der Waals surface area (Å²) in [6, 6.07) is 23.7. The average Bonchev–Trinajstić information content (AvgIpc) is 2.74. The van der Waals surface area contributed by atoms with E-state index in [1.165, 1.54) is 0 Å². The zero-order valence-electron chi connectivity index (χ0n) is 18.4. The molecule has 0 aliphatic heterocycles. The van der Waals surface area contributed by atoms with Crippen molar-refractivity contribution in [3.63, 3.8) is 0 Å². The Bertz CT molecular complexity index is 901. The standard InChI is InChI=1S/C21H21O4P.C4H7N/c1-16-4-10-19(11-5-16)23-26(22,24-20-12-6-17(2)7-13-20)25-21-14-8-18(3)9-15-21;1-2-3-4-5/h4-15H,1-3H3;2-3H2,1H3. The van der Waals surface area contributed by atoms with Gasteiger partial charge < -0.3 is 13.6 Å². The molecule has 6 heteroatoms. The third kappa shape index (κ3) is 8.58. The summed E-state index contributed by atoms with van der Waals surface area (Å²) in [5.41, 5.74) is 3.23. The van der Waals surface area contributed by atoms with Crippen LogP contribution in [0.5, 0.6) is 17.2 Å². The van der Waals surface area contributed by atoms with E-state index < -0.39 is 7.82 Å². The van der Waals surface area contributed by atoms with Crippen LogP contribution in [0.4, 0.5) is 0 Å². The molecule has 0 amide bonds. The molecule has 0 saturated heterocycles. The zero-order valence-corrected chi connectivity index (χ0v) is 19.3. The molecule has 0 saturated carbocycles. The van der Waals surface area contributed by atoms with Crippen molar-refractivity contribution >= 4 is 7.82 Å². The van der Waals surface area contributed by atoms with Gasteiger partial charge in [0.15, 0.2) is 0 Å². The average molecular weight is 437 g/mol. The fraction of sp³-hybridized carbons (Fsp3) is 0.240. The lowest BCUT2D eigenvalue weighted by molar-refractivity contribution is 0.298. The lowest BCUT2D eigenvalue weighted by Crippen LogP contribution is -2.07. The van der Waals surface area contributed by atoms with Gasteiger partial charge in [-0.2, -0.15) is 9.83 Å². The van der Waals surface area contributed by atoms with E-state index in [-0.39, 0.29) is 0 Å². The highest BCUT2D eigenvalue weighted by Crippen LogP contribution is 2.49. The van der Waals surface area contributed by atoms with Gasteiger partial charge in [0.1, 0.15) is 17.2 Å². The fourth-order valence-corrected chi connectivity index (χ4v) is 3.60. The van der Waals surface area contributed by atoms with Crippen LogP contribution >= 0.6 is 7.82 Å². The van der Waals surface area contributed by atoms with E-state index in [0.29, 0.717) is 23.7 Å². The van der Waals surface area contributed by atoms with Crippen LogP contribution in [-0.4, -0.2) is 0 Å². The second-order valence-electron chi connectivity index (χ2n) is 7.07. The topological polar surface area (TPSA) is 68.5 Å². The summed E-state index contributed by atoms with van der Waals surface area (Å²) >= 11 is 0. The number of aryl methyl sites for hydroxylation is 3. The molecule has 0 atom stereocenters. The second-order valence-corrected chi connectivity index (χ2v) is 8.51. The van der Waals surface area contributed by atoms with Gasteiger partial charge in [0.2, 0.25) is 0 Å². The lowest BCUT2D eigenvalue weighted by Gasteiger charge is -2.19. The first-order chi connectivity index (χ1) is 14.8. The number of nitriles is 1. The molecule has 0 fully saturated rings. The number of phosphoric ester groups is 1. The highest BCUT2D eigenvalue weighted by atomic mass is 31.2. The number of unbranched alkanes of at least 4 members (excludes halogenated alkanes) is 1. The Morgan fingerprint density at radius 3 is 1.16 bits per heavy atom. The van der Waals surface area contributed by atoms with Crippen molar-refractivity contribution in [2.45, 2.75) is 40.5 Å². The van der Waals surface area contributed by atoms with Crippen molar-refractivity contribution < 1.29 is 18.1 Å². The molecule has 162 valence electrons. The molecule has 0 unspecified atom stereocenters.